The van der Waals surface area contributed by atoms with Gasteiger partial charge < -0.3 is 5.32 Å². The van der Waals surface area contributed by atoms with Crippen LogP contribution < -0.4 is 5.32 Å². The zero-order valence-corrected chi connectivity index (χ0v) is 10.3. The first-order valence-corrected chi connectivity index (χ1v) is 5.69. The molecule has 0 saturated carbocycles. The third kappa shape index (κ3) is 6.09. The summed E-state index contributed by atoms with van der Waals surface area (Å²) in [6.45, 7) is 13.6. The molecule has 0 radical (unpaired) electrons. The summed E-state index contributed by atoms with van der Waals surface area (Å²) < 4.78 is 0. The first-order valence-electron chi connectivity index (χ1n) is 5.69. The smallest absolute Gasteiger partial charge is 0.0130 e. The molecular weight excluding hydrogens is 158 g/mol. The Morgan fingerprint density at radius 3 is 1.85 bits per heavy atom. The van der Waals surface area contributed by atoms with Crippen LogP contribution in [-0.2, 0) is 0 Å². The van der Waals surface area contributed by atoms with E-state index in [0.29, 0.717) is 11.6 Å². The van der Waals surface area contributed by atoms with E-state index in [1.807, 2.05) is 0 Å². The molecule has 0 aliphatic heterocycles. The molecule has 0 saturated heterocycles. The standard InChI is InChI=1S/C12H27N/c1-7-11(8-2)9-12(5,6)13-10(3)4/h10-11,13H,7-9H2,1-6H3. The van der Waals surface area contributed by atoms with Gasteiger partial charge in [0.15, 0.2) is 0 Å². The van der Waals surface area contributed by atoms with Gasteiger partial charge in [-0.1, -0.05) is 40.5 Å². The van der Waals surface area contributed by atoms with E-state index in [4.69, 9.17) is 0 Å². The lowest BCUT2D eigenvalue weighted by Crippen LogP contribution is -2.44. The molecular formula is C12H27N. The van der Waals surface area contributed by atoms with E-state index in [1.165, 1.54) is 19.3 Å². The lowest BCUT2D eigenvalue weighted by molar-refractivity contribution is 0.269. The van der Waals surface area contributed by atoms with Crippen molar-refractivity contribution in [1.82, 2.24) is 5.32 Å². The summed E-state index contributed by atoms with van der Waals surface area (Å²) >= 11 is 0. The Kier molecular flexibility index (Phi) is 5.62. The van der Waals surface area contributed by atoms with E-state index in [2.05, 4.69) is 46.9 Å². The molecule has 1 nitrogen and oxygen atoms in total. The summed E-state index contributed by atoms with van der Waals surface area (Å²) in [5.74, 6) is 0.876. The fraction of sp³-hybridized carbons (Fsp3) is 1.00. The molecule has 0 aromatic heterocycles. The van der Waals surface area contributed by atoms with E-state index in [9.17, 15) is 0 Å². The van der Waals surface area contributed by atoms with Gasteiger partial charge in [0, 0.05) is 11.6 Å². The molecule has 0 amide bonds. The van der Waals surface area contributed by atoms with Crippen molar-refractivity contribution in [2.75, 3.05) is 0 Å². The molecule has 0 aliphatic carbocycles. The van der Waals surface area contributed by atoms with Crippen LogP contribution in [0.4, 0.5) is 0 Å². The maximum absolute atomic E-state index is 3.62. The average molecular weight is 185 g/mol. The summed E-state index contributed by atoms with van der Waals surface area (Å²) in [5.41, 5.74) is 0.296. The second-order valence-electron chi connectivity index (χ2n) is 5.07. The molecule has 0 heterocycles. The minimum atomic E-state index is 0.296. The monoisotopic (exact) mass is 185 g/mol. The van der Waals surface area contributed by atoms with Crippen molar-refractivity contribution in [3.05, 3.63) is 0 Å². The first-order chi connectivity index (χ1) is 5.91. The van der Waals surface area contributed by atoms with Gasteiger partial charge >= 0.3 is 0 Å². The summed E-state index contributed by atoms with van der Waals surface area (Å²) in [5, 5.41) is 3.62. The zero-order chi connectivity index (χ0) is 10.5. The first kappa shape index (κ1) is 13.0. The van der Waals surface area contributed by atoms with Gasteiger partial charge in [-0.3, -0.25) is 0 Å². The number of nitrogens with one attached hydrogen (secondary N) is 1. The molecule has 1 heteroatoms. The van der Waals surface area contributed by atoms with Gasteiger partial charge in [-0.25, -0.2) is 0 Å². The van der Waals surface area contributed by atoms with Crippen LogP contribution in [0.1, 0.15) is 60.8 Å². The van der Waals surface area contributed by atoms with Gasteiger partial charge in [-0.05, 0) is 26.2 Å². The molecule has 0 aromatic carbocycles. The minimum absolute atomic E-state index is 0.296. The normalized spacial score (nSPS) is 12.9. The van der Waals surface area contributed by atoms with Crippen LogP contribution in [-0.4, -0.2) is 11.6 Å². The maximum Gasteiger partial charge on any atom is 0.0130 e. The molecule has 80 valence electrons. The fourth-order valence-electron chi connectivity index (χ4n) is 2.14. The van der Waals surface area contributed by atoms with Crippen molar-refractivity contribution in [3.8, 4) is 0 Å². The third-order valence-corrected chi connectivity index (χ3v) is 2.63. The third-order valence-electron chi connectivity index (χ3n) is 2.63. The summed E-state index contributed by atoms with van der Waals surface area (Å²) in [6.07, 6.45) is 3.90. The molecule has 0 unspecified atom stereocenters. The molecule has 13 heavy (non-hydrogen) atoms. The maximum atomic E-state index is 3.62. The molecule has 0 fully saturated rings. The highest BCUT2D eigenvalue weighted by Crippen LogP contribution is 2.22. The van der Waals surface area contributed by atoms with E-state index >= 15 is 0 Å². The van der Waals surface area contributed by atoms with Gasteiger partial charge in [0.1, 0.15) is 0 Å². The van der Waals surface area contributed by atoms with E-state index in [1.54, 1.807) is 0 Å². The van der Waals surface area contributed by atoms with Crippen molar-refractivity contribution in [2.24, 2.45) is 5.92 Å². The van der Waals surface area contributed by atoms with Gasteiger partial charge in [0.05, 0.1) is 0 Å². The van der Waals surface area contributed by atoms with Crippen LogP contribution in [0, 0.1) is 5.92 Å². The van der Waals surface area contributed by atoms with Gasteiger partial charge in [0.2, 0.25) is 0 Å². The topological polar surface area (TPSA) is 12.0 Å². The molecule has 1 N–H and O–H groups in total. The highest BCUT2D eigenvalue weighted by Gasteiger charge is 2.21. The number of rotatable bonds is 6. The Labute approximate surface area is 84.3 Å². The van der Waals surface area contributed by atoms with Crippen molar-refractivity contribution >= 4 is 0 Å². The summed E-state index contributed by atoms with van der Waals surface area (Å²) in [4.78, 5) is 0. The fourth-order valence-corrected chi connectivity index (χ4v) is 2.14. The van der Waals surface area contributed by atoms with E-state index < -0.39 is 0 Å². The van der Waals surface area contributed by atoms with Gasteiger partial charge in [-0.15, -0.1) is 0 Å². The van der Waals surface area contributed by atoms with Crippen molar-refractivity contribution < 1.29 is 0 Å². The Hall–Kier alpha value is -0.0400. The van der Waals surface area contributed by atoms with Gasteiger partial charge in [0.25, 0.3) is 0 Å². The van der Waals surface area contributed by atoms with Crippen LogP contribution in [0.2, 0.25) is 0 Å². The summed E-state index contributed by atoms with van der Waals surface area (Å²) in [7, 11) is 0. The SMILES string of the molecule is CCC(CC)CC(C)(C)NC(C)C. The Morgan fingerprint density at radius 2 is 1.54 bits per heavy atom. The Balaban J connectivity index is 3.98. The van der Waals surface area contributed by atoms with Crippen LogP contribution in [0.3, 0.4) is 0 Å². The lowest BCUT2D eigenvalue weighted by Gasteiger charge is -2.32. The highest BCUT2D eigenvalue weighted by molar-refractivity contribution is 4.81. The summed E-state index contributed by atoms with van der Waals surface area (Å²) in [6, 6.07) is 0.587. The van der Waals surface area contributed by atoms with Gasteiger partial charge in [-0.2, -0.15) is 0 Å². The minimum Gasteiger partial charge on any atom is -0.310 e. The van der Waals surface area contributed by atoms with Crippen molar-refractivity contribution in [1.29, 1.82) is 0 Å². The number of hydrogen-bond donors (Lipinski definition) is 1. The van der Waals surface area contributed by atoms with Crippen LogP contribution >= 0.6 is 0 Å². The second-order valence-corrected chi connectivity index (χ2v) is 5.07. The zero-order valence-electron chi connectivity index (χ0n) is 10.3. The largest absolute Gasteiger partial charge is 0.310 e. The molecule has 0 rings (SSSR count). The Bertz CT molecular complexity index is 123. The van der Waals surface area contributed by atoms with E-state index in [-0.39, 0.29) is 0 Å². The average Bonchev–Trinajstić information content (AvgIpc) is 1.97. The Morgan fingerprint density at radius 1 is 1.08 bits per heavy atom. The quantitative estimate of drug-likeness (QED) is 0.667. The predicted molar refractivity (Wildman–Crippen MR) is 61.0 cm³/mol. The lowest BCUT2D eigenvalue weighted by atomic mass is 9.87. The van der Waals surface area contributed by atoms with Crippen molar-refractivity contribution in [3.63, 3.8) is 0 Å². The predicted octanol–water partition coefficient (Wildman–Crippen LogP) is 3.59. The number of hydrogen-bond acceptors (Lipinski definition) is 1. The van der Waals surface area contributed by atoms with Crippen molar-refractivity contribution in [2.45, 2.75) is 72.4 Å². The van der Waals surface area contributed by atoms with Crippen LogP contribution in [0.25, 0.3) is 0 Å². The van der Waals surface area contributed by atoms with E-state index in [0.717, 1.165) is 5.92 Å². The highest BCUT2D eigenvalue weighted by atomic mass is 15.0. The molecule has 0 bridgehead atoms. The second kappa shape index (κ2) is 5.64. The molecule has 0 atom stereocenters. The van der Waals surface area contributed by atoms with Crippen LogP contribution in [0.15, 0.2) is 0 Å². The molecule has 0 spiro atoms. The van der Waals surface area contributed by atoms with Crippen LogP contribution in [0.5, 0.6) is 0 Å². The molecule has 0 aromatic rings. The molecule has 0 aliphatic rings.